The molecule has 0 aliphatic carbocycles. The lowest BCUT2D eigenvalue weighted by atomic mass is 10.2. The number of nitrogens with zero attached hydrogens (tertiary/aromatic N) is 2. The van der Waals surface area contributed by atoms with E-state index in [0.29, 0.717) is 5.56 Å². The highest BCUT2D eigenvalue weighted by molar-refractivity contribution is 6.33. The van der Waals surface area contributed by atoms with E-state index in [1.165, 1.54) is 29.9 Å². The van der Waals surface area contributed by atoms with Crippen LogP contribution in [0.2, 0.25) is 5.02 Å². The van der Waals surface area contributed by atoms with E-state index in [9.17, 15) is 10.1 Å². The molecule has 0 aliphatic heterocycles. The van der Waals surface area contributed by atoms with E-state index >= 15 is 0 Å². The highest BCUT2D eigenvalue weighted by Crippen LogP contribution is 2.20. The van der Waals surface area contributed by atoms with Crippen molar-refractivity contribution in [2.24, 2.45) is 5.10 Å². The lowest BCUT2D eigenvalue weighted by Crippen LogP contribution is -2.30. The predicted molar refractivity (Wildman–Crippen MR) is 61.5 cm³/mol. The van der Waals surface area contributed by atoms with Gasteiger partial charge in [-0.15, -0.1) is 0 Å². The maximum Gasteiger partial charge on any atom is 0.270 e. The van der Waals surface area contributed by atoms with E-state index in [1.54, 1.807) is 0 Å². The number of hydrogen-bond donors (Lipinski definition) is 4. The van der Waals surface area contributed by atoms with Crippen LogP contribution >= 0.6 is 11.6 Å². The van der Waals surface area contributed by atoms with Gasteiger partial charge in [0.05, 0.1) is 11.1 Å². The van der Waals surface area contributed by atoms with Crippen LogP contribution in [-0.2, 0) is 0 Å². The Labute approximate surface area is 101 Å². The third kappa shape index (κ3) is 3.70. The van der Waals surface area contributed by atoms with Crippen LogP contribution in [0.1, 0.15) is 5.56 Å². The molecular weight excluding hydrogens is 250 g/mol. The van der Waals surface area contributed by atoms with Gasteiger partial charge in [-0.2, -0.15) is 5.10 Å². The number of guanidine groups is 1. The summed E-state index contributed by atoms with van der Waals surface area (Å²) in [6.07, 6.45) is 1.20. The predicted octanol–water partition coefficient (Wildman–Crippen LogP) is 1.09. The molecule has 0 atom stereocenters. The zero-order chi connectivity index (χ0) is 12.8. The summed E-state index contributed by atoms with van der Waals surface area (Å²) in [4.78, 5) is 9.96. The Morgan fingerprint density at radius 2 is 2.35 bits per heavy atom. The van der Waals surface area contributed by atoms with E-state index in [0.717, 1.165) is 0 Å². The second kappa shape index (κ2) is 5.77. The number of halogens is 1. The molecule has 0 unspecified atom stereocenters. The quantitative estimate of drug-likeness (QED) is 0.279. The molecule has 0 fully saturated rings. The molecule has 0 aliphatic rings. The number of non-ortho nitro benzene ring substituents is 1. The Balaban J connectivity index is 2.86. The minimum Gasteiger partial charge on any atom is -0.288 e. The minimum absolute atomic E-state index is 0.119. The molecule has 1 aromatic carbocycles. The molecular formula is C8H8ClN5O3. The van der Waals surface area contributed by atoms with Crippen LogP contribution in [0.15, 0.2) is 23.3 Å². The SMILES string of the molecule is N=C(NO)NN=Cc1cc([N+](=O)[O-])ccc1Cl. The lowest BCUT2D eigenvalue weighted by molar-refractivity contribution is -0.384. The van der Waals surface area contributed by atoms with E-state index in [4.69, 9.17) is 22.2 Å². The largest absolute Gasteiger partial charge is 0.288 e. The number of nitro groups is 1. The third-order valence-electron chi connectivity index (χ3n) is 1.68. The average molecular weight is 258 g/mol. The lowest BCUT2D eigenvalue weighted by Gasteiger charge is -2.00. The molecule has 0 bridgehead atoms. The zero-order valence-electron chi connectivity index (χ0n) is 8.35. The average Bonchev–Trinajstić information content (AvgIpc) is 2.30. The van der Waals surface area contributed by atoms with Crippen molar-refractivity contribution >= 4 is 29.5 Å². The number of benzene rings is 1. The van der Waals surface area contributed by atoms with Crippen LogP contribution in [0.5, 0.6) is 0 Å². The van der Waals surface area contributed by atoms with Crippen molar-refractivity contribution in [1.82, 2.24) is 10.9 Å². The Hall–Kier alpha value is -2.19. The normalized spacial score (nSPS) is 10.2. The number of hydroxylamine groups is 1. The van der Waals surface area contributed by atoms with Crippen LogP contribution in [0.4, 0.5) is 5.69 Å². The first-order valence-electron chi connectivity index (χ1n) is 4.26. The molecule has 0 aromatic heterocycles. The molecule has 1 aromatic rings. The molecule has 90 valence electrons. The molecule has 17 heavy (non-hydrogen) atoms. The van der Waals surface area contributed by atoms with Crippen LogP contribution in [0.25, 0.3) is 0 Å². The monoisotopic (exact) mass is 257 g/mol. The van der Waals surface area contributed by atoms with Gasteiger partial charge in [0.15, 0.2) is 0 Å². The van der Waals surface area contributed by atoms with E-state index in [-0.39, 0.29) is 10.7 Å². The fourth-order valence-corrected chi connectivity index (χ4v) is 1.10. The summed E-state index contributed by atoms with van der Waals surface area (Å²) in [7, 11) is 0. The molecule has 0 heterocycles. The number of rotatable bonds is 3. The molecule has 0 saturated heterocycles. The minimum atomic E-state index is -0.557. The topological polar surface area (TPSA) is 124 Å². The van der Waals surface area contributed by atoms with Crippen LogP contribution in [-0.4, -0.2) is 22.3 Å². The first kappa shape index (κ1) is 12.9. The summed E-state index contributed by atoms with van der Waals surface area (Å²) in [5.41, 5.74) is 3.83. The molecule has 4 N–H and O–H groups in total. The van der Waals surface area contributed by atoms with Crippen molar-refractivity contribution in [3.05, 3.63) is 38.9 Å². The zero-order valence-corrected chi connectivity index (χ0v) is 9.10. The summed E-state index contributed by atoms with van der Waals surface area (Å²) in [5.74, 6) is -0.442. The summed E-state index contributed by atoms with van der Waals surface area (Å²) in [5, 5.41) is 29.6. The van der Waals surface area contributed by atoms with Gasteiger partial charge in [0.25, 0.3) is 5.69 Å². The van der Waals surface area contributed by atoms with Crippen LogP contribution in [0.3, 0.4) is 0 Å². The van der Waals surface area contributed by atoms with E-state index < -0.39 is 10.9 Å². The number of nitro benzene ring substituents is 1. The molecule has 9 heteroatoms. The summed E-state index contributed by atoms with van der Waals surface area (Å²) in [6.45, 7) is 0. The van der Waals surface area contributed by atoms with Crippen LogP contribution in [0, 0.1) is 15.5 Å². The molecule has 0 radical (unpaired) electrons. The van der Waals surface area contributed by atoms with Crippen molar-refractivity contribution in [3.63, 3.8) is 0 Å². The first-order valence-corrected chi connectivity index (χ1v) is 4.64. The van der Waals surface area contributed by atoms with Gasteiger partial charge < -0.3 is 0 Å². The summed E-state index contributed by atoms with van der Waals surface area (Å²) < 4.78 is 0. The highest BCUT2D eigenvalue weighted by Gasteiger charge is 2.07. The molecule has 0 spiro atoms. The van der Waals surface area contributed by atoms with Gasteiger partial charge in [-0.25, -0.2) is 10.9 Å². The number of hydrogen-bond acceptors (Lipinski definition) is 5. The van der Waals surface area contributed by atoms with Crippen molar-refractivity contribution in [1.29, 1.82) is 5.41 Å². The third-order valence-corrected chi connectivity index (χ3v) is 2.03. The van der Waals surface area contributed by atoms with Gasteiger partial charge in [0.2, 0.25) is 5.96 Å². The fourth-order valence-electron chi connectivity index (χ4n) is 0.935. The van der Waals surface area contributed by atoms with Gasteiger partial charge in [0.1, 0.15) is 0 Å². The number of nitrogens with one attached hydrogen (secondary N) is 3. The standard InChI is InChI=1S/C8H8ClN5O3/c9-7-2-1-6(14(16)17)3-5(7)4-11-12-8(10)13-15/h1-4,15H,(H3,10,12,13). The molecule has 0 saturated carbocycles. The van der Waals surface area contributed by atoms with Gasteiger partial charge in [-0.05, 0) is 6.07 Å². The molecule has 1 rings (SSSR count). The Morgan fingerprint density at radius 3 is 2.94 bits per heavy atom. The van der Waals surface area contributed by atoms with Crippen molar-refractivity contribution in [3.8, 4) is 0 Å². The van der Waals surface area contributed by atoms with Crippen molar-refractivity contribution in [2.75, 3.05) is 0 Å². The van der Waals surface area contributed by atoms with Gasteiger partial charge >= 0.3 is 0 Å². The second-order valence-electron chi connectivity index (χ2n) is 2.82. The smallest absolute Gasteiger partial charge is 0.270 e. The summed E-state index contributed by atoms with van der Waals surface area (Å²) >= 11 is 5.79. The molecule has 0 amide bonds. The highest BCUT2D eigenvalue weighted by atomic mass is 35.5. The Bertz CT molecular complexity index is 476. The Morgan fingerprint density at radius 1 is 1.65 bits per heavy atom. The van der Waals surface area contributed by atoms with E-state index in [2.05, 4.69) is 10.5 Å². The van der Waals surface area contributed by atoms with Crippen molar-refractivity contribution in [2.45, 2.75) is 0 Å². The maximum absolute atomic E-state index is 10.5. The van der Waals surface area contributed by atoms with Crippen LogP contribution < -0.4 is 10.9 Å². The number of hydrazone groups is 1. The molecule has 8 nitrogen and oxygen atoms in total. The van der Waals surface area contributed by atoms with Gasteiger partial charge in [-0.3, -0.25) is 20.7 Å². The maximum atomic E-state index is 10.5. The van der Waals surface area contributed by atoms with Gasteiger partial charge in [-0.1, -0.05) is 11.6 Å². The van der Waals surface area contributed by atoms with Gasteiger partial charge in [0, 0.05) is 22.7 Å². The van der Waals surface area contributed by atoms with E-state index in [1.807, 2.05) is 0 Å². The van der Waals surface area contributed by atoms with Crippen molar-refractivity contribution < 1.29 is 10.1 Å². The second-order valence-corrected chi connectivity index (χ2v) is 3.23. The Kier molecular flexibility index (Phi) is 4.37. The first-order chi connectivity index (χ1) is 8.04. The fraction of sp³-hybridized carbons (Fsp3) is 0. The summed E-state index contributed by atoms with van der Waals surface area (Å²) in [6, 6.07) is 3.88.